The summed E-state index contributed by atoms with van der Waals surface area (Å²) in [4.78, 5) is 4.40. The van der Waals surface area contributed by atoms with E-state index >= 15 is 0 Å². The number of nitrogens with zero attached hydrogens (tertiary/aromatic N) is 1. The van der Waals surface area contributed by atoms with Gasteiger partial charge in [0.1, 0.15) is 0 Å². The Morgan fingerprint density at radius 1 is 1.22 bits per heavy atom. The lowest BCUT2D eigenvalue weighted by molar-refractivity contribution is 0.116. The Morgan fingerprint density at radius 3 is 2.91 bits per heavy atom. The summed E-state index contributed by atoms with van der Waals surface area (Å²) < 4.78 is 0. The highest BCUT2D eigenvalue weighted by Crippen LogP contribution is 2.37. The molecule has 1 unspecified atom stereocenters. The first-order valence-corrected chi connectivity index (χ1v) is 10.3. The fourth-order valence-electron chi connectivity index (χ4n) is 4.52. The average molecular weight is 356 g/mol. The van der Waals surface area contributed by atoms with Gasteiger partial charge >= 0.3 is 0 Å². The summed E-state index contributed by atoms with van der Waals surface area (Å²) in [6.07, 6.45) is 12.7. The Balaban J connectivity index is 0.00000192. The van der Waals surface area contributed by atoms with E-state index in [0.29, 0.717) is 5.41 Å². The Hall–Kier alpha value is -0.0500. The predicted octanol–water partition coefficient (Wildman–Crippen LogP) is 6.27. The molecule has 1 aliphatic carbocycles. The zero-order chi connectivity index (χ0) is 15.4. The molecule has 0 saturated carbocycles. The van der Waals surface area contributed by atoms with Crippen LogP contribution in [0.25, 0.3) is 0 Å². The maximum Gasteiger partial charge on any atom is 0.00800 e. The minimum atomic E-state index is 0. The van der Waals surface area contributed by atoms with E-state index in [1.807, 2.05) is 11.3 Å². The number of likely N-dealkylation sites (tertiary alicyclic amines) is 1. The Kier molecular flexibility index (Phi) is 7.44. The van der Waals surface area contributed by atoms with Gasteiger partial charge in [0.05, 0.1) is 0 Å². The number of hydrogen-bond donors (Lipinski definition) is 0. The van der Waals surface area contributed by atoms with Crippen molar-refractivity contribution in [2.45, 2.75) is 77.6 Å². The topological polar surface area (TPSA) is 3.24 Å². The first-order chi connectivity index (χ1) is 10.6. The number of fused-ring (bicyclic) bond motifs is 1. The Bertz CT molecular complexity index is 468. The molecule has 1 aromatic heterocycles. The van der Waals surface area contributed by atoms with Crippen LogP contribution < -0.4 is 0 Å². The predicted molar refractivity (Wildman–Crippen MR) is 105 cm³/mol. The highest BCUT2D eigenvalue weighted by molar-refractivity contribution is 7.10. The van der Waals surface area contributed by atoms with Gasteiger partial charge in [0.2, 0.25) is 0 Å². The van der Waals surface area contributed by atoms with Crippen molar-refractivity contribution in [3.8, 4) is 0 Å². The van der Waals surface area contributed by atoms with Gasteiger partial charge in [-0.05, 0) is 86.4 Å². The van der Waals surface area contributed by atoms with Gasteiger partial charge < -0.3 is 4.90 Å². The standard InChI is InChI=1S/C20H33NS.ClH/c1-20(2)12-7-14-21(16-20)13-5-3-4-8-17-9-6-10-19-18(17)11-15-22-19;/h11,15,17H,3-10,12-14,16H2,1-2H3;1H. The lowest BCUT2D eigenvalue weighted by Gasteiger charge is -2.38. The van der Waals surface area contributed by atoms with E-state index in [9.17, 15) is 0 Å². The number of rotatable bonds is 6. The van der Waals surface area contributed by atoms with Crippen LogP contribution in [-0.4, -0.2) is 24.5 Å². The number of unbranched alkanes of at least 4 members (excludes halogenated alkanes) is 2. The maximum absolute atomic E-state index is 2.71. The second-order valence-electron chi connectivity index (χ2n) is 8.28. The molecule has 3 heteroatoms. The summed E-state index contributed by atoms with van der Waals surface area (Å²) in [5, 5.41) is 2.31. The second kappa shape index (κ2) is 8.87. The highest BCUT2D eigenvalue weighted by Gasteiger charge is 2.25. The second-order valence-corrected chi connectivity index (χ2v) is 9.28. The fraction of sp³-hybridized carbons (Fsp3) is 0.800. The van der Waals surface area contributed by atoms with Gasteiger partial charge in [-0.25, -0.2) is 0 Å². The molecule has 3 rings (SSSR count). The monoisotopic (exact) mass is 355 g/mol. The molecular formula is C20H34ClNS. The summed E-state index contributed by atoms with van der Waals surface area (Å²) in [6.45, 7) is 8.84. The lowest BCUT2D eigenvalue weighted by atomic mass is 9.83. The number of thiophene rings is 1. The zero-order valence-electron chi connectivity index (χ0n) is 15.0. The molecule has 132 valence electrons. The van der Waals surface area contributed by atoms with E-state index in [2.05, 4.69) is 30.2 Å². The van der Waals surface area contributed by atoms with E-state index in [-0.39, 0.29) is 12.4 Å². The van der Waals surface area contributed by atoms with Crippen LogP contribution in [0.3, 0.4) is 0 Å². The molecule has 0 aromatic carbocycles. The van der Waals surface area contributed by atoms with Gasteiger partial charge in [-0.15, -0.1) is 23.7 Å². The molecule has 0 radical (unpaired) electrons. The third-order valence-corrected chi connectivity index (χ3v) is 6.68. The van der Waals surface area contributed by atoms with Crippen LogP contribution >= 0.6 is 23.7 Å². The van der Waals surface area contributed by atoms with E-state index in [1.54, 1.807) is 10.4 Å². The molecule has 0 N–H and O–H groups in total. The summed E-state index contributed by atoms with van der Waals surface area (Å²) >= 11 is 1.98. The van der Waals surface area contributed by atoms with Crippen molar-refractivity contribution in [1.82, 2.24) is 4.90 Å². The van der Waals surface area contributed by atoms with Gasteiger partial charge in [-0.2, -0.15) is 0 Å². The lowest BCUT2D eigenvalue weighted by Crippen LogP contribution is -2.40. The first-order valence-electron chi connectivity index (χ1n) is 9.43. The van der Waals surface area contributed by atoms with Crippen LogP contribution in [0.15, 0.2) is 11.4 Å². The zero-order valence-corrected chi connectivity index (χ0v) is 16.6. The molecule has 0 spiro atoms. The fourth-order valence-corrected chi connectivity index (χ4v) is 5.53. The molecule has 0 amide bonds. The molecule has 1 atom stereocenters. The molecule has 0 bridgehead atoms. The van der Waals surface area contributed by atoms with Gasteiger partial charge in [-0.3, -0.25) is 0 Å². The first kappa shape index (κ1) is 19.3. The largest absolute Gasteiger partial charge is 0.303 e. The van der Waals surface area contributed by atoms with Gasteiger partial charge in [0.25, 0.3) is 0 Å². The summed E-state index contributed by atoms with van der Waals surface area (Å²) in [5.74, 6) is 0.879. The molecule has 1 aromatic rings. The van der Waals surface area contributed by atoms with E-state index in [1.165, 1.54) is 77.4 Å². The van der Waals surface area contributed by atoms with Crippen molar-refractivity contribution in [2.24, 2.45) is 5.41 Å². The minimum absolute atomic E-state index is 0. The van der Waals surface area contributed by atoms with Crippen LogP contribution in [0, 0.1) is 5.41 Å². The average Bonchev–Trinajstić information content (AvgIpc) is 2.95. The van der Waals surface area contributed by atoms with Crippen molar-refractivity contribution in [1.29, 1.82) is 0 Å². The van der Waals surface area contributed by atoms with Gasteiger partial charge in [0.15, 0.2) is 0 Å². The van der Waals surface area contributed by atoms with Crippen molar-refractivity contribution in [2.75, 3.05) is 19.6 Å². The third-order valence-electron chi connectivity index (χ3n) is 5.68. The van der Waals surface area contributed by atoms with Crippen molar-refractivity contribution < 1.29 is 0 Å². The number of aryl methyl sites for hydroxylation is 1. The Labute approximate surface area is 153 Å². The van der Waals surface area contributed by atoms with Crippen molar-refractivity contribution in [3.05, 3.63) is 21.9 Å². The molecule has 2 heterocycles. The maximum atomic E-state index is 2.71. The smallest absolute Gasteiger partial charge is 0.00800 e. The van der Waals surface area contributed by atoms with Crippen LogP contribution in [0.2, 0.25) is 0 Å². The summed E-state index contributed by atoms with van der Waals surface area (Å²) in [5.41, 5.74) is 2.25. The van der Waals surface area contributed by atoms with Crippen LogP contribution in [0.5, 0.6) is 0 Å². The molecule has 1 saturated heterocycles. The van der Waals surface area contributed by atoms with Crippen LogP contribution in [0.4, 0.5) is 0 Å². The van der Waals surface area contributed by atoms with Crippen LogP contribution in [0.1, 0.15) is 81.6 Å². The molecule has 1 fully saturated rings. The summed E-state index contributed by atoms with van der Waals surface area (Å²) in [6, 6.07) is 2.40. The van der Waals surface area contributed by atoms with Crippen molar-refractivity contribution >= 4 is 23.7 Å². The van der Waals surface area contributed by atoms with E-state index in [4.69, 9.17) is 0 Å². The molecule has 1 nitrogen and oxygen atoms in total. The van der Waals surface area contributed by atoms with Crippen LogP contribution in [-0.2, 0) is 6.42 Å². The normalized spacial score (nSPS) is 24.0. The number of hydrogen-bond acceptors (Lipinski definition) is 2. The highest BCUT2D eigenvalue weighted by atomic mass is 35.5. The van der Waals surface area contributed by atoms with Gasteiger partial charge in [-0.1, -0.05) is 26.7 Å². The molecule has 1 aliphatic heterocycles. The number of piperidine rings is 1. The van der Waals surface area contributed by atoms with Gasteiger partial charge in [0, 0.05) is 11.4 Å². The number of halogens is 1. The minimum Gasteiger partial charge on any atom is -0.303 e. The Morgan fingerprint density at radius 2 is 2.09 bits per heavy atom. The van der Waals surface area contributed by atoms with Crippen molar-refractivity contribution in [3.63, 3.8) is 0 Å². The van der Waals surface area contributed by atoms with E-state index in [0.717, 1.165) is 5.92 Å². The molecule has 2 aliphatic rings. The molecule has 23 heavy (non-hydrogen) atoms. The summed E-state index contributed by atoms with van der Waals surface area (Å²) in [7, 11) is 0. The SMILES string of the molecule is CC1(C)CCCN(CCCCCC2CCCc3sccc32)C1.Cl. The molecular weight excluding hydrogens is 322 g/mol. The third kappa shape index (κ3) is 5.47. The van der Waals surface area contributed by atoms with E-state index < -0.39 is 0 Å². The quantitative estimate of drug-likeness (QED) is 0.543.